The molecule has 2 heterocycles. The van der Waals surface area contributed by atoms with Crippen LogP contribution in [0.2, 0.25) is 0 Å². The third kappa shape index (κ3) is 2.28. The van der Waals surface area contributed by atoms with E-state index >= 15 is 0 Å². The van der Waals surface area contributed by atoms with Gasteiger partial charge in [-0.05, 0) is 18.1 Å². The lowest BCUT2D eigenvalue weighted by molar-refractivity contribution is -0.122. The summed E-state index contributed by atoms with van der Waals surface area (Å²) >= 11 is 0. The van der Waals surface area contributed by atoms with Crippen LogP contribution in [0.1, 0.15) is 6.92 Å². The van der Waals surface area contributed by atoms with E-state index in [0.29, 0.717) is 6.54 Å². The summed E-state index contributed by atoms with van der Waals surface area (Å²) in [5, 5.41) is 1.04. The highest BCUT2D eigenvalue weighted by molar-refractivity contribution is 5.95. The number of pyridine rings is 1. The Morgan fingerprint density at radius 2 is 2.19 bits per heavy atom. The molecule has 5 nitrogen and oxygen atoms in total. The third-order valence-corrected chi connectivity index (χ3v) is 4.25. The van der Waals surface area contributed by atoms with Crippen molar-refractivity contribution in [3.63, 3.8) is 0 Å². The smallest absolute Gasteiger partial charge is 0.222 e. The minimum atomic E-state index is -0.221. The van der Waals surface area contributed by atoms with E-state index in [4.69, 9.17) is 10.5 Å². The van der Waals surface area contributed by atoms with Gasteiger partial charge in [0, 0.05) is 30.4 Å². The fraction of sp³-hybridized carbons (Fsp3) is 0.375. The molecule has 1 aliphatic heterocycles. The average Bonchev–Trinajstić information content (AvgIpc) is 2.88. The molecule has 2 N–H and O–H groups in total. The number of benzene rings is 1. The molecule has 2 atom stereocenters. The summed E-state index contributed by atoms with van der Waals surface area (Å²) in [6, 6.07) is 7.87. The molecule has 1 saturated heterocycles. The Balaban J connectivity index is 2.04. The first-order valence-corrected chi connectivity index (χ1v) is 7.07. The predicted molar refractivity (Wildman–Crippen MR) is 82.4 cm³/mol. The molecule has 1 amide bonds. The molecule has 0 radical (unpaired) electrons. The minimum Gasteiger partial charge on any atom is -0.494 e. The van der Waals surface area contributed by atoms with Gasteiger partial charge < -0.3 is 15.4 Å². The van der Waals surface area contributed by atoms with Crippen LogP contribution in [0.15, 0.2) is 30.5 Å². The Morgan fingerprint density at radius 3 is 2.86 bits per heavy atom. The Kier molecular flexibility index (Phi) is 3.41. The zero-order chi connectivity index (χ0) is 15.0. The van der Waals surface area contributed by atoms with Crippen molar-refractivity contribution in [3.8, 4) is 5.75 Å². The maximum absolute atomic E-state index is 11.5. The van der Waals surface area contributed by atoms with Crippen molar-refractivity contribution in [2.75, 3.05) is 25.1 Å². The number of nitrogens with two attached hydrogens (primary N) is 1. The number of para-hydroxylation sites is 1. The Hall–Kier alpha value is -2.30. The molecule has 0 spiro atoms. The molecule has 0 aliphatic carbocycles. The number of carbonyl (C=O) groups is 1. The van der Waals surface area contributed by atoms with Gasteiger partial charge in [-0.3, -0.25) is 9.78 Å². The molecule has 2 aromatic rings. The second-order valence-corrected chi connectivity index (χ2v) is 5.58. The summed E-state index contributed by atoms with van der Waals surface area (Å²) < 4.78 is 5.37. The number of fused-ring (bicyclic) bond motifs is 1. The van der Waals surface area contributed by atoms with Crippen LogP contribution in [-0.2, 0) is 4.79 Å². The number of methoxy groups -OCH3 is 1. The molecule has 21 heavy (non-hydrogen) atoms. The number of amides is 1. The molecule has 5 heteroatoms. The van der Waals surface area contributed by atoms with Crippen molar-refractivity contribution in [1.82, 2.24) is 4.98 Å². The summed E-state index contributed by atoms with van der Waals surface area (Å²) in [4.78, 5) is 18.1. The van der Waals surface area contributed by atoms with Crippen LogP contribution in [0.5, 0.6) is 5.75 Å². The summed E-state index contributed by atoms with van der Waals surface area (Å²) in [6.45, 7) is 3.55. The van der Waals surface area contributed by atoms with Gasteiger partial charge in [-0.15, -0.1) is 0 Å². The Bertz CT molecular complexity index is 686. The lowest BCUT2D eigenvalue weighted by Crippen LogP contribution is -2.29. The maximum atomic E-state index is 11.5. The first-order valence-electron chi connectivity index (χ1n) is 7.07. The van der Waals surface area contributed by atoms with Crippen molar-refractivity contribution in [1.29, 1.82) is 0 Å². The summed E-state index contributed by atoms with van der Waals surface area (Å²) in [5.41, 5.74) is 7.41. The third-order valence-electron chi connectivity index (χ3n) is 4.25. The largest absolute Gasteiger partial charge is 0.494 e. The molecule has 1 aliphatic rings. The number of primary amides is 1. The van der Waals surface area contributed by atoms with Gasteiger partial charge in [-0.25, -0.2) is 0 Å². The fourth-order valence-electron chi connectivity index (χ4n) is 3.11. The van der Waals surface area contributed by atoms with Crippen LogP contribution < -0.4 is 15.4 Å². The average molecular weight is 285 g/mol. The van der Waals surface area contributed by atoms with E-state index < -0.39 is 0 Å². The summed E-state index contributed by atoms with van der Waals surface area (Å²) in [5.74, 6) is 0.698. The van der Waals surface area contributed by atoms with Gasteiger partial charge in [0.05, 0.1) is 13.0 Å². The standard InChI is InChI=1S/C16H19N3O2/c1-10-8-19(9-12(10)16(17)20)13-6-7-18-15-11(13)4-3-5-14(15)21-2/h3-7,10,12H,8-9H2,1-2H3,(H2,17,20)/t10-,12-/m1/s1. The van der Waals surface area contributed by atoms with E-state index in [1.54, 1.807) is 13.3 Å². The minimum absolute atomic E-state index is 0.0983. The van der Waals surface area contributed by atoms with Gasteiger partial charge in [0.1, 0.15) is 11.3 Å². The quantitative estimate of drug-likeness (QED) is 0.933. The van der Waals surface area contributed by atoms with Crippen molar-refractivity contribution in [2.24, 2.45) is 17.6 Å². The molecule has 1 fully saturated rings. The summed E-state index contributed by atoms with van der Waals surface area (Å²) in [6.07, 6.45) is 1.78. The number of hydrogen-bond acceptors (Lipinski definition) is 4. The molecule has 0 bridgehead atoms. The first kappa shape index (κ1) is 13.7. The normalized spacial score (nSPS) is 21.7. The molecule has 0 unspecified atom stereocenters. The van der Waals surface area contributed by atoms with Crippen LogP contribution in [0.3, 0.4) is 0 Å². The van der Waals surface area contributed by atoms with E-state index in [1.807, 2.05) is 24.3 Å². The van der Waals surface area contributed by atoms with E-state index in [0.717, 1.165) is 28.9 Å². The molecule has 1 aromatic carbocycles. The summed E-state index contributed by atoms with van der Waals surface area (Å²) in [7, 11) is 1.64. The monoisotopic (exact) mass is 285 g/mol. The highest BCUT2D eigenvalue weighted by Gasteiger charge is 2.34. The fourth-order valence-corrected chi connectivity index (χ4v) is 3.11. The molecule has 3 rings (SSSR count). The topological polar surface area (TPSA) is 68.5 Å². The second kappa shape index (κ2) is 5.24. The second-order valence-electron chi connectivity index (χ2n) is 5.58. The SMILES string of the molecule is COc1cccc2c(N3C[C@@H](C)[C@H](C(N)=O)C3)ccnc12. The van der Waals surface area contributed by atoms with Gasteiger partial charge in [0.15, 0.2) is 0 Å². The van der Waals surface area contributed by atoms with Crippen molar-refractivity contribution < 1.29 is 9.53 Å². The number of nitrogens with zero attached hydrogens (tertiary/aromatic N) is 2. The lowest BCUT2D eigenvalue weighted by Gasteiger charge is -2.20. The van der Waals surface area contributed by atoms with Crippen LogP contribution in [0.4, 0.5) is 5.69 Å². The van der Waals surface area contributed by atoms with E-state index in [1.165, 1.54) is 0 Å². The van der Waals surface area contributed by atoms with Gasteiger partial charge in [0.25, 0.3) is 0 Å². The van der Waals surface area contributed by atoms with Crippen molar-refractivity contribution in [2.45, 2.75) is 6.92 Å². The molecular weight excluding hydrogens is 266 g/mol. The van der Waals surface area contributed by atoms with Crippen molar-refractivity contribution >= 4 is 22.5 Å². The number of carbonyl (C=O) groups excluding carboxylic acids is 1. The first-order chi connectivity index (χ1) is 10.1. The van der Waals surface area contributed by atoms with Crippen LogP contribution >= 0.6 is 0 Å². The number of rotatable bonds is 3. The van der Waals surface area contributed by atoms with Gasteiger partial charge in [-0.2, -0.15) is 0 Å². The number of hydrogen-bond donors (Lipinski definition) is 1. The number of aromatic nitrogens is 1. The van der Waals surface area contributed by atoms with E-state index in [2.05, 4.69) is 16.8 Å². The van der Waals surface area contributed by atoms with Crippen LogP contribution in [0, 0.1) is 11.8 Å². The number of ether oxygens (including phenoxy) is 1. The zero-order valence-corrected chi connectivity index (χ0v) is 12.2. The van der Waals surface area contributed by atoms with E-state index in [-0.39, 0.29) is 17.7 Å². The van der Waals surface area contributed by atoms with Crippen LogP contribution in [0.25, 0.3) is 10.9 Å². The highest BCUT2D eigenvalue weighted by Crippen LogP contribution is 2.35. The van der Waals surface area contributed by atoms with Gasteiger partial charge in [0.2, 0.25) is 5.91 Å². The molecular formula is C16H19N3O2. The Morgan fingerprint density at radius 1 is 1.38 bits per heavy atom. The molecule has 110 valence electrons. The Labute approximate surface area is 123 Å². The zero-order valence-electron chi connectivity index (χ0n) is 12.2. The van der Waals surface area contributed by atoms with Gasteiger partial charge in [-0.1, -0.05) is 19.1 Å². The highest BCUT2D eigenvalue weighted by atomic mass is 16.5. The van der Waals surface area contributed by atoms with Crippen molar-refractivity contribution in [3.05, 3.63) is 30.5 Å². The maximum Gasteiger partial charge on any atom is 0.222 e. The predicted octanol–water partition coefficient (Wildman–Crippen LogP) is 1.80. The van der Waals surface area contributed by atoms with E-state index in [9.17, 15) is 4.79 Å². The lowest BCUT2D eigenvalue weighted by atomic mass is 9.98. The number of anilines is 1. The van der Waals surface area contributed by atoms with Gasteiger partial charge >= 0.3 is 0 Å². The molecule has 1 aromatic heterocycles. The van der Waals surface area contributed by atoms with Crippen LogP contribution in [-0.4, -0.2) is 31.1 Å². The molecule has 0 saturated carbocycles.